The minimum atomic E-state index is -3.65. The summed E-state index contributed by atoms with van der Waals surface area (Å²) in [4.78, 5) is 39.9. The van der Waals surface area contributed by atoms with Crippen molar-refractivity contribution < 1.29 is 36.7 Å². The molecule has 2 aromatic carbocycles. The molecule has 1 aromatic heterocycles. The molecule has 3 aromatic rings. The average Bonchev–Trinajstić information content (AvgIpc) is 3.27. The van der Waals surface area contributed by atoms with Gasteiger partial charge < -0.3 is 15.2 Å². The number of nitriles is 1. The lowest BCUT2D eigenvalue weighted by atomic mass is 10.0. The third kappa shape index (κ3) is 6.64. The molecule has 2 heterocycles. The first-order valence-electron chi connectivity index (χ1n) is 12.4. The lowest BCUT2D eigenvalue weighted by Crippen LogP contribution is -2.50. The summed E-state index contributed by atoms with van der Waals surface area (Å²) in [7, 11) is -3.65. The van der Waals surface area contributed by atoms with Crippen molar-refractivity contribution in [1.29, 1.82) is 5.26 Å². The number of fused-ring (bicyclic) bond motifs is 1. The summed E-state index contributed by atoms with van der Waals surface area (Å²) in [6.45, 7) is -1.41. The zero-order valence-electron chi connectivity index (χ0n) is 21.5. The highest BCUT2D eigenvalue weighted by molar-refractivity contribution is 7.91. The number of rotatable bonds is 10. The molecule has 2 amide bonds. The Kier molecular flexibility index (Phi) is 8.60. The largest absolute Gasteiger partial charge is 0.465 e. The zero-order valence-corrected chi connectivity index (χ0v) is 22.4. The maximum absolute atomic E-state index is 14.1. The van der Waals surface area contributed by atoms with E-state index in [4.69, 9.17) is 5.11 Å². The maximum atomic E-state index is 14.1. The van der Waals surface area contributed by atoms with E-state index in [2.05, 4.69) is 10.3 Å². The van der Waals surface area contributed by atoms with Gasteiger partial charge in [-0.05, 0) is 47.9 Å². The van der Waals surface area contributed by atoms with Crippen molar-refractivity contribution in [3.63, 3.8) is 0 Å². The van der Waals surface area contributed by atoms with Crippen molar-refractivity contribution in [3.05, 3.63) is 60.3 Å². The predicted octanol–water partition coefficient (Wildman–Crippen LogP) is 3.12. The number of hydrazine groups is 1. The van der Waals surface area contributed by atoms with Gasteiger partial charge in [0, 0.05) is 24.5 Å². The summed E-state index contributed by atoms with van der Waals surface area (Å²) < 4.78 is 53.4. The summed E-state index contributed by atoms with van der Waals surface area (Å²) in [6.07, 6.45) is -0.118. The second-order valence-corrected chi connectivity index (χ2v) is 11.5. The summed E-state index contributed by atoms with van der Waals surface area (Å²) in [5.74, 6) is -4.20. The molecule has 14 heteroatoms. The van der Waals surface area contributed by atoms with Crippen LogP contribution < -0.4 is 5.32 Å². The molecule has 1 saturated heterocycles. The number of nitrogens with zero attached hydrogens (tertiary/aromatic N) is 4. The van der Waals surface area contributed by atoms with Crippen molar-refractivity contribution >= 4 is 39.0 Å². The van der Waals surface area contributed by atoms with Crippen LogP contribution in [0, 0.1) is 11.3 Å². The molecule has 1 unspecified atom stereocenters. The molecule has 1 aliphatic heterocycles. The first kappa shape index (κ1) is 29.5. The average molecular weight is 586 g/mol. The van der Waals surface area contributed by atoms with Crippen LogP contribution in [0.2, 0.25) is 0 Å². The van der Waals surface area contributed by atoms with E-state index < -0.39 is 53.3 Å². The third-order valence-electron chi connectivity index (χ3n) is 6.57. The van der Waals surface area contributed by atoms with Gasteiger partial charge in [0.05, 0.1) is 40.9 Å². The van der Waals surface area contributed by atoms with Crippen molar-refractivity contribution in [2.75, 3.05) is 25.4 Å². The van der Waals surface area contributed by atoms with Gasteiger partial charge in [-0.25, -0.2) is 22.0 Å². The van der Waals surface area contributed by atoms with Crippen molar-refractivity contribution in [1.82, 2.24) is 20.3 Å². The normalized spacial score (nSPS) is 16.7. The highest BCUT2D eigenvalue weighted by Gasteiger charge is 2.48. The number of amides is 2. The van der Waals surface area contributed by atoms with Gasteiger partial charge in [0.2, 0.25) is 0 Å². The number of aromatic nitrogens is 1. The Morgan fingerprint density at radius 3 is 2.56 bits per heavy atom. The van der Waals surface area contributed by atoms with Crippen LogP contribution in [0.4, 0.5) is 13.6 Å². The van der Waals surface area contributed by atoms with E-state index >= 15 is 0 Å². The molecule has 214 valence electrons. The topological polar surface area (TPSA) is 161 Å². The fourth-order valence-electron chi connectivity index (χ4n) is 4.62. The zero-order chi connectivity index (χ0) is 29.8. The lowest BCUT2D eigenvalue weighted by molar-refractivity contribution is -0.113. The molecule has 11 nitrogen and oxygen atoms in total. The summed E-state index contributed by atoms with van der Waals surface area (Å²) in [6, 6.07) is 12.9. The predicted molar refractivity (Wildman–Crippen MR) is 143 cm³/mol. The molecular weight excluding hydrogens is 560 g/mol. The fraction of sp³-hybridized carbons (Fsp3) is 0.296. The SMILES string of the molecule is N#CC1CC(F)(F)CN1N(CC=O)C(=O)c1ccnc2ccc(-c3ccc(S(=O)(=O)CCCNC(=O)O)cc3)cc12. The van der Waals surface area contributed by atoms with E-state index in [1.165, 1.54) is 24.4 Å². The molecule has 0 saturated carbocycles. The Morgan fingerprint density at radius 2 is 1.90 bits per heavy atom. The minimum Gasteiger partial charge on any atom is -0.465 e. The van der Waals surface area contributed by atoms with Crippen molar-refractivity contribution in [3.8, 4) is 17.2 Å². The Hall–Kier alpha value is -4.48. The van der Waals surface area contributed by atoms with Gasteiger partial charge in [-0.15, -0.1) is 0 Å². The smallest absolute Gasteiger partial charge is 0.404 e. The number of pyridine rings is 1. The number of alkyl halides is 2. The van der Waals surface area contributed by atoms with Crippen LogP contribution in [0.1, 0.15) is 23.2 Å². The second-order valence-electron chi connectivity index (χ2n) is 9.38. The lowest BCUT2D eigenvalue weighted by Gasteiger charge is -2.32. The van der Waals surface area contributed by atoms with E-state index in [0.29, 0.717) is 28.3 Å². The first-order valence-corrected chi connectivity index (χ1v) is 14.1. The second kappa shape index (κ2) is 11.9. The molecule has 0 bridgehead atoms. The number of carbonyl (C=O) groups is 3. The standard InChI is InChI=1S/C27H25F2N5O6S/c28-27(29)15-20(16-30)34(17-27)33(11-12-35)25(36)22-8-10-31-24-7-4-19(14-23(22)24)18-2-5-21(6-3-18)41(39,40)13-1-9-32-26(37)38/h2-8,10,12,14,20,32H,1,9,11,13,15,17H2,(H,37,38). The molecular formula is C27H25F2N5O6S. The number of hydrogen-bond acceptors (Lipinski definition) is 8. The number of hydrogen-bond donors (Lipinski definition) is 2. The van der Waals surface area contributed by atoms with Crippen LogP contribution in [0.25, 0.3) is 22.0 Å². The summed E-state index contributed by atoms with van der Waals surface area (Å²) in [5.41, 5.74) is 1.73. The maximum Gasteiger partial charge on any atom is 0.404 e. The van der Waals surface area contributed by atoms with Gasteiger partial charge in [0.15, 0.2) is 9.84 Å². The number of carbonyl (C=O) groups excluding carboxylic acids is 2. The van der Waals surface area contributed by atoms with Crippen molar-refractivity contribution in [2.45, 2.75) is 29.7 Å². The number of carboxylic acid groups (broad SMARTS) is 1. The fourth-order valence-corrected chi connectivity index (χ4v) is 5.93. The Labute approximate surface area is 233 Å². The highest BCUT2D eigenvalue weighted by atomic mass is 32.2. The Morgan fingerprint density at radius 1 is 1.20 bits per heavy atom. The van der Waals surface area contributed by atoms with Gasteiger partial charge in [0.25, 0.3) is 11.8 Å². The summed E-state index contributed by atoms with van der Waals surface area (Å²) in [5, 5.41) is 22.3. The molecule has 0 spiro atoms. The molecule has 1 fully saturated rings. The van der Waals surface area contributed by atoms with Gasteiger partial charge in [-0.3, -0.25) is 14.8 Å². The minimum absolute atomic E-state index is 0.000454. The Balaban J connectivity index is 1.63. The number of benzene rings is 2. The Bertz CT molecular complexity index is 1630. The number of halogens is 2. The third-order valence-corrected chi connectivity index (χ3v) is 8.39. The van der Waals surface area contributed by atoms with Gasteiger partial charge >= 0.3 is 6.09 Å². The van der Waals surface area contributed by atoms with E-state index in [1.807, 2.05) is 0 Å². The van der Waals surface area contributed by atoms with Gasteiger partial charge in [0.1, 0.15) is 12.3 Å². The molecule has 0 radical (unpaired) electrons. The van der Waals surface area contributed by atoms with E-state index in [0.717, 1.165) is 10.0 Å². The number of aldehydes is 1. The van der Waals surface area contributed by atoms with Crippen LogP contribution in [0.5, 0.6) is 0 Å². The van der Waals surface area contributed by atoms with E-state index in [-0.39, 0.29) is 29.2 Å². The van der Waals surface area contributed by atoms with Gasteiger partial charge in [-0.2, -0.15) is 10.3 Å². The molecule has 1 aliphatic rings. The van der Waals surface area contributed by atoms with Crippen LogP contribution in [-0.2, 0) is 14.6 Å². The number of nitrogens with one attached hydrogen (secondary N) is 1. The van der Waals surface area contributed by atoms with Crippen LogP contribution >= 0.6 is 0 Å². The molecule has 4 rings (SSSR count). The van der Waals surface area contributed by atoms with Gasteiger partial charge in [-0.1, -0.05) is 18.2 Å². The van der Waals surface area contributed by atoms with Crippen LogP contribution in [0.15, 0.2) is 59.6 Å². The first-order chi connectivity index (χ1) is 19.5. The quantitative estimate of drug-likeness (QED) is 0.269. The van der Waals surface area contributed by atoms with Crippen LogP contribution in [0.3, 0.4) is 0 Å². The molecule has 2 N–H and O–H groups in total. The number of sulfone groups is 1. The van der Waals surface area contributed by atoms with E-state index in [1.54, 1.807) is 36.4 Å². The van der Waals surface area contributed by atoms with E-state index in [9.17, 15) is 36.8 Å². The molecule has 1 atom stereocenters. The monoisotopic (exact) mass is 585 g/mol. The van der Waals surface area contributed by atoms with Crippen LogP contribution in [-0.4, -0.2) is 84.2 Å². The summed E-state index contributed by atoms with van der Waals surface area (Å²) >= 11 is 0. The molecule has 41 heavy (non-hydrogen) atoms. The highest BCUT2D eigenvalue weighted by Crippen LogP contribution is 2.34. The van der Waals surface area contributed by atoms with Crippen molar-refractivity contribution in [2.24, 2.45) is 0 Å². The molecule has 0 aliphatic carbocycles.